The summed E-state index contributed by atoms with van der Waals surface area (Å²) in [5.41, 5.74) is 4.06. The monoisotopic (exact) mass is 204 g/mol. The van der Waals surface area contributed by atoms with Gasteiger partial charge in [0.25, 0.3) is 0 Å². The molecule has 0 aliphatic rings. The minimum Gasteiger partial charge on any atom is -0.206 e. The average Bonchev–Trinajstić information content (AvgIpc) is 2.19. The van der Waals surface area contributed by atoms with E-state index in [4.69, 9.17) is 0 Å². The molecule has 0 saturated carbocycles. The molecule has 0 fully saturated rings. The third kappa shape index (κ3) is 1.41. The van der Waals surface area contributed by atoms with Crippen LogP contribution in [0, 0.1) is 26.6 Å². The Hall–Kier alpha value is -1.44. The fourth-order valence-electron chi connectivity index (χ4n) is 2.09. The summed E-state index contributed by atoms with van der Waals surface area (Å²) >= 11 is 0. The Labute approximate surface area is 89.2 Å². The molecule has 0 saturated heterocycles. The molecule has 0 unspecified atom stereocenters. The van der Waals surface area contributed by atoms with Crippen LogP contribution in [0.5, 0.6) is 0 Å². The molecule has 0 amide bonds. The fraction of sp³-hybridized carbons (Fsp3) is 0.308. The predicted octanol–water partition coefficient (Wildman–Crippen LogP) is 2.73. The molecule has 2 heteroatoms. The molecule has 0 N–H and O–H groups in total. The van der Waals surface area contributed by atoms with Gasteiger partial charge in [-0.05, 0) is 31.5 Å². The summed E-state index contributed by atoms with van der Waals surface area (Å²) in [4.78, 5) is 0. The van der Waals surface area contributed by atoms with E-state index in [1.165, 1.54) is 5.56 Å². The van der Waals surface area contributed by atoms with Crippen LogP contribution in [0.1, 0.15) is 16.8 Å². The number of pyridine rings is 1. The zero-order chi connectivity index (χ0) is 11.2. The van der Waals surface area contributed by atoms with Crippen molar-refractivity contribution >= 4 is 10.9 Å². The number of benzene rings is 1. The number of nitrogens with zero attached hydrogens (tertiary/aromatic N) is 1. The molecule has 2 aromatic rings. The maximum atomic E-state index is 13.5. The molecule has 0 radical (unpaired) electrons. The first-order chi connectivity index (χ1) is 7.02. The van der Waals surface area contributed by atoms with E-state index in [0.29, 0.717) is 0 Å². The third-order valence-corrected chi connectivity index (χ3v) is 3.08. The Balaban J connectivity index is 3.04. The van der Waals surface area contributed by atoms with E-state index < -0.39 is 0 Å². The molecule has 1 nitrogen and oxygen atoms in total. The first kappa shape index (κ1) is 10.1. The third-order valence-electron chi connectivity index (χ3n) is 3.08. The lowest BCUT2D eigenvalue weighted by molar-refractivity contribution is -0.651. The second-order valence-electron chi connectivity index (χ2n) is 4.10. The van der Waals surface area contributed by atoms with Crippen LogP contribution in [0.2, 0.25) is 0 Å². The molecular formula is C13H15FN+. The van der Waals surface area contributed by atoms with Crippen LogP contribution in [-0.2, 0) is 7.05 Å². The van der Waals surface area contributed by atoms with Gasteiger partial charge in [0.2, 0.25) is 5.52 Å². The second kappa shape index (κ2) is 3.30. The molecule has 0 atom stereocenters. The van der Waals surface area contributed by atoms with Gasteiger partial charge in [-0.3, -0.25) is 0 Å². The quantitative estimate of drug-likeness (QED) is 0.581. The minimum atomic E-state index is -0.136. The van der Waals surface area contributed by atoms with Crippen molar-refractivity contribution < 1.29 is 8.96 Å². The summed E-state index contributed by atoms with van der Waals surface area (Å²) in [5.74, 6) is -0.136. The molecule has 0 aliphatic carbocycles. The van der Waals surface area contributed by atoms with Crippen molar-refractivity contribution in [2.24, 2.45) is 7.05 Å². The van der Waals surface area contributed by atoms with Crippen LogP contribution in [-0.4, -0.2) is 0 Å². The van der Waals surface area contributed by atoms with Crippen LogP contribution < -0.4 is 4.57 Å². The Kier molecular flexibility index (Phi) is 2.22. The summed E-state index contributed by atoms with van der Waals surface area (Å²) in [5, 5.41) is 1.13. The first-order valence-corrected chi connectivity index (χ1v) is 5.07. The predicted molar refractivity (Wildman–Crippen MR) is 59.3 cm³/mol. The van der Waals surface area contributed by atoms with Gasteiger partial charge in [-0.2, -0.15) is 4.57 Å². The van der Waals surface area contributed by atoms with Crippen molar-refractivity contribution in [2.75, 3.05) is 0 Å². The van der Waals surface area contributed by atoms with E-state index in [0.717, 1.165) is 22.2 Å². The number of hydrogen-bond acceptors (Lipinski definition) is 0. The summed E-state index contributed by atoms with van der Waals surface area (Å²) in [7, 11) is 1.98. The molecule has 0 spiro atoms. The normalized spacial score (nSPS) is 11.0. The van der Waals surface area contributed by atoms with E-state index in [9.17, 15) is 4.39 Å². The Bertz CT molecular complexity index is 536. The van der Waals surface area contributed by atoms with Crippen molar-refractivity contribution in [3.63, 3.8) is 0 Å². The Morgan fingerprint density at radius 3 is 2.47 bits per heavy atom. The molecule has 1 heterocycles. The van der Waals surface area contributed by atoms with Crippen LogP contribution in [0.25, 0.3) is 10.9 Å². The molecular weight excluding hydrogens is 189 g/mol. The number of aryl methyl sites for hydroxylation is 4. The smallest absolute Gasteiger partial charge is 0.206 e. The van der Waals surface area contributed by atoms with E-state index in [1.807, 2.05) is 31.5 Å². The molecule has 0 bridgehead atoms. The van der Waals surface area contributed by atoms with Gasteiger partial charge in [0.15, 0.2) is 5.69 Å². The SMILES string of the molecule is Cc1cc(C)[n+](C)c2c(C)c(F)ccc12. The Morgan fingerprint density at radius 1 is 1.13 bits per heavy atom. The largest absolute Gasteiger partial charge is 0.218 e. The summed E-state index contributed by atoms with van der Waals surface area (Å²) in [6, 6.07) is 5.52. The van der Waals surface area contributed by atoms with E-state index in [2.05, 4.69) is 13.0 Å². The number of fused-ring (bicyclic) bond motifs is 1. The van der Waals surface area contributed by atoms with Gasteiger partial charge in [-0.15, -0.1) is 0 Å². The molecule has 1 aromatic heterocycles. The average molecular weight is 204 g/mol. The topological polar surface area (TPSA) is 3.88 Å². The lowest BCUT2D eigenvalue weighted by Crippen LogP contribution is -2.34. The molecule has 78 valence electrons. The minimum absolute atomic E-state index is 0.136. The highest BCUT2D eigenvalue weighted by atomic mass is 19.1. The van der Waals surface area contributed by atoms with Crippen molar-refractivity contribution in [1.82, 2.24) is 0 Å². The van der Waals surface area contributed by atoms with Crippen molar-refractivity contribution in [1.29, 1.82) is 0 Å². The van der Waals surface area contributed by atoms with Crippen LogP contribution >= 0.6 is 0 Å². The number of hydrogen-bond donors (Lipinski definition) is 0. The number of rotatable bonds is 0. The zero-order valence-corrected chi connectivity index (χ0v) is 9.56. The lowest BCUT2D eigenvalue weighted by Gasteiger charge is -2.06. The molecule has 15 heavy (non-hydrogen) atoms. The first-order valence-electron chi connectivity index (χ1n) is 5.07. The van der Waals surface area contributed by atoms with Gasteiger partial charge >= 0.3 is 0 Å². The highest BCUT2D eigenvalue weighted by Gasteiger charge is 2.16. The van der Waals surface area contributed by atoms with Crippen LogP contribution in [0.3, 0.4) is 0 Å². The van der Waals surface area contributed by atoms with E-state index >= 15 is 0 Å². The van der Waals surface area contributed by atoms with E-state index in [-0.39, 0.29) is 5.82 Å². The standard InChI is InChI=1S/C13H15FN/c1-8-7-9(2)15(4)13-10(3)12(14)6-5-11(8)13/h5-7H,1-4H3/q+1. The molecule has 0 aliphatic heterocycles. The van der Waals surface area contributed by atoms with Crippen molar-refractivity contribution in [2.45, 2.75) is 20.8 Å². The van der Waals surface area contributed by atoms with Gasteiger partial charge in [0.1, 0.15) is 12.9 Å². The highest BCUT2D eigenvalue weighted by molar-refractivity contribution is 5.82. The second-order valence-corrected chi connectivity index (χ2v) is 4.10. The highest BCUT2D eigenvalue weighted by Crippen LogP contribution is 2.21. The fourth-order valence-corrected chi connectivity index (χ4v) is 2.09. The van der Waals surface area contributed by atoms with Gasteiger partial charge in [-0.25, -0.2) is 4.39 Å². The zero-order valence-electron chi connectivity index (χ0n) is 9.56. The van der Waals surface area contributed by atoms with Crippen molar-refractivity contribution in [3.05, 3.63) is 40.8 Å². The van der Waals surface area contributed by atoms with Gasteiger partial charge in [-0.1, -0.05) is 0 Å². The molecule has 1 aromatic carbocycles. The van der Waals surface area contributed by atoms with Crippen LogP contribution in [0.15, 0.2) is 18.2 Å². The summed E-state index contributed by atoms with van der Waals surface area (Å²) in [6.07, 6.45) is 0. The Morgan fingerprint density at radius 2 is 1.80 bits per heavy atom. The van der Waals surface area contributed by atoms with Gasteiger partial charge in [0, 0.05) is 18.4 Å². The lowest BCUT2D eigenvalue weighted by atomic mass is 10.0. The summed E-state index contributed by atoms with van der Waals surface area (Å²) in [6.45, 7) is 5.93. The van der Waals surface area contributed by atoms with Gasteiger partial charge < -0.3 is 0 Å². The maximum Gasteiger partial charge on any atom is 0.218 e. The van der Waals surface area contributed by atoms with Gasteiger partial charge in [0.05, 0.1) is 5.56 Å². The van der Waals surface area contributed by atoms with E-state index in [1.54, 1.807) is 6.07 Å². The molecule has 2 rings (SSSR count). The maximum absolute atomic E-state index is 13.5. The van der Waals surface area contributed by atoms with Crippen molar-refractivity contribution in [3.8, 4) is 0 Å². The summed E-state index contributed by atoms with van der Waals surface area (Å²) < 4.78 is 15.5. The number of halogens is 1. The number of aromatic nitrogens is 1. The van der Waals surface area contributed by atoms with Crippen LogP contribution in [0.4, 0.5) is 4.39 Å².